The quantitative estimate of drug-likeness (QED) is 0.563. The molecule has 1 atom stereocenters. The van der Waals surface area contributed by atoms with E-state index in [9.17, 15) is 4.79 Å². The third-order valence-electron chi connectivity index (χ3n) is 6.51. The van der Waals surface area contributed by atoms with Crippen molar-refractivity contribution >= 4 is 23.2 Å². The van der Waals surface area contributed by atoms with Gasteiger partial charge in [0.2, 0.25) is 5.91 Å². The fourth-order valence-electron chi connectivity index (χ4n) is 4.63. The maximum Gasteiger partial charge on any atom is 0.250 e. The van der Waals surface area contributed by atoms with Gasteiger partial charge in [-0.05, 0) is 23.1 Å². The molecule has 176 valence electrons. The number of morpholine rings is 1. The lowest BCUT2D eigenvalue weighted by Gasteiger charge is -2.38. The molecule has 7 heteroatoms. The third kappa shape index (κ3) is 4.61. The van der Waals surface area contributed by atoms with Crippen LogP contribution in [0.25, 0.3) is 11.1 Å². The van der Waals surface area contributed by atoms with Crippen LogP contribution in [0.3, 0.4) is 0 Å². The topological polar surface area (TPSA) is 70.6 Å². The average molecular weight is 458 g/mol. The third-order valence-corrected chi connectivity index (χ3v) is 6.51. The highest BCUT2D eigenvalue weighted by atomic mass is 16.5. The number of hydrogen-bond donors (Lipinski definition) is 1. The van der Waals surface area contributed by atoms with E-state index in [1.165, 1.54) is 5.56 Å². The molecule has 7 nitrogen and oxygen atoms in total. The van der Waals surface area contributed by atoms with Crippen molar-refractivity contribution in [2.45, 2.75) is 38.8 Å². The van der Waals surface area contributed by atoms with Crippen molar-refractivity contribution in [3.05, 3.63) is 66.5 Å². The molecule has 1 fully saturated rings. The van der Waals surface area contributed by atoms with E-state index in [0.717, 1.165) is 60.8 Å². The van der Waals surface area contributed by atoms with Gasteiger partial charge in [0.15, 0.2) is 11.6 Å². The zero-order valence-corrected chi connectivity index (χ0v) is 19.6. The molecule has 1 saturated heterocycles. The van der Waals surface area contributed by atoms with Gasteiger partial charge in [0.25, 0.3) is 0 Å². The molecule has 0 saturated carbocycles. The Labute approximate surface area is 200 Å². The van der Waals surface area contributed by atoms with Gasteiger partial charge in [-0.15, -0.1) is 0 Å². The number of aromatic nitrogens is 2. The SMILES string of the molecule is CCCC[C@@H]1Nc2ncnc(N3CCOCC3)c2N(Cc2ccc(-c3ccccc3)cc2)C1=O. The molecule has 3 aromatic rings. The number of unbranched alkanes of at least 4 members (excludes halogenated alkanes) is 1. The predicted molar refractivity (Wildman–Crippen MR) is 135 cm³/mol. The van der Waals surface area contributed by atoms with Crippen molar-refractivity contribution in [2.24, 2.45) is 0 Å². The molecule has 2 aliphatic heterocycles. The second-order valence-corrected chi connectivity index (χ2v) is 8.82. The van der Waals surface area contributed by atoms with Crippen LogP contribution in [0.4, 0.5) is 17.3 Å². The smallest absolute Gasteiger partial charge is 0.250 e. The summed E-state index contributed by atoms with van der Waals surface area (Å²) < 4.78 is 5.54. The van der Waals surface area contributed by atoms with Gasteiger partial charge in [-0.2, -0.15) is 0 Å². The van der Waals surface area contributed by atoms with Crippen molar-refractivity contribution < 1.29 is 9.53 Å². The molecule has 0 radical (unpaired) electrons. The van der Waals surface area contributed by atoms with Crippen LogP contribution < -0.4 is 15.1 Å². The Morgan fingerprint density at radius 3 is 2.47 bits per heavy atom. The van der Waals surface area contributed by atoms with Crippen LogP contribution in [0.2, 0.25) is 0 Å². The molecule has 2 aliphatic rings. The summed E-state index contributed by atoms with van der Waals surface area (Å²) in [6.07, 6.45) is 4.41. The zero-order valence-electron chi connectivity index (χ0n) is 19.6. The lowest BCUT2D eigenvalue weighted by Crippen LogP contribution is -2.48. The Morgan fingerprint density at radius 2 is 1.74 bits per heavy atom. The van der Waals surface area contributed by atoms with Crippen molar-refractivity contribution in [2.75, 3.05) is 41.4 Å². The van der Waals surface area contributed by atoms with Crippen LogP contribution in [0.1, 0.15) is 31.7 Å². The molecule has 0 spiro atoms. The number of ether oxygens (including phenoxy) is 1. The van der Waals surface area contributed by atoms with Crippen LogP contribution in [0, 0.1) is 0 Å². The number of fused-ring (bicyclic) bond motifs is 1. The van der Waals surface area contributed by atoms with Crippen molar-refractivity contribution in [3.63, 3.8) is 0 Å². The largest absolute Gasteiger partial charge is 0.378 e. The molecule has 34 heavy (non-hydrogen) atoms. The molecule has 0 aliphatic carbocycles. The number of rotatable bonds is 7. The highest BCUT2D eigenvalue weighted by Crippen LogP contribution is 2.39. The zero-order chi connectivity index (χ0) is 23.3. The molecule has 3 heterocycles. The summed E-state index contributed by atoms with van der Waals surface area (Å²) in [5, 5.41) is 3.41. The fraction of sp³-hybridized carbons (Fsp3) is 0.370. The highest BCUT2D eigenvalue weighted by Gasteiger charge is 2.36. The van der Waals surface area contributed by atoms with Gasteiger partial charge in [-0.3, -0.25) is 9.69 Å². The van der Waals surface area contributed by atoms with Crippen molar-refractivity contribution in [3.8, 4) is 11.1 Å². The van der Waals surface area contributed by atoms with Gasteiger partial charge >= 0.3 is 0 Å². The van der Waals surface area contributed by atoms with Crippen LogP contribution in [-0.4, -0.2) is 48.2 Å². The summed E-state index contributed by atoms with van der Waals surface area (Å²) in [7, 11) is 0. The Hall–Kier alpha value is -3.45. The van der Waals surface area contributed by atoms with Gasteiger partial charge in [0, 0.05) is 13.1 Å². The Balaban J connectivity index is 1.48. The molecule has 2 aromatic carbocycles. The van der Waals surface area contributed by atoms with Crippen LogP contribution in [0.5, 0.6) is 0 Å². The van der Waals surface area contributed by atoms with Crippen LogP contribution >= 0.6 is 0 Å². The van der Waals surface area contributed by atoms with Gasteiger partial charge in [-0.25, -0.2) is 9.97 Å². The number of nitrogens with one attached hydrogen (secondary N) is 1. The Morgan fingerprint density at radius 1 is 1.00 bits per heavy atom. The number of hydrogen-bond acceptors (Lipinski definition) is 6. The van der Waals surface area contributed by atoms with Gasteiger partial charge in [0.1, 0.15) is 18.1 Å². The number of benzene rings is 2. The summed E-state index contributed by atoms with van der Waals surface area (Å²) in [5.41, 5.74) is 4.19. The summed E-state index contributed by atoms with van der Waals surface area (Å²) >= 11 is 0. The number of nitrogens with zero attached hydrogens (tertiary/aromatic N) is 4. The highest BCUT2D eigenvalue weighted by molar-refractivity contribution is 6.06. The molecule has 0 unspecified atom stereocenters. The molecular formula is C27H31N5O2. The minimum atomic E-state index is -0.275. The monoisotopic (exact) mass is 457 g/mol. The molecular weight excluding hydrogens is 426 g/mol. The minimum Gasteiger partial charge on any atom is -0.378 e. The van der Waals surface area contributed by atoms with Gasteiger partial charge in [0.05, 0.1) is 19.8 Å². The maximum atomic E-state index is 13.7. The van der Waals surface area contributed by atoms with Gasteiger partial charge < -0.3 is 15.0 Å². The molecule has 5 rings (SSSR count). The average Bonchev–Trinajstić information content (AvgIpc) is 2.90. The number of anilines is 3. The molecule has 0 bridgehead atoms. The lowest BCUT2D eigenvalue weighted by molar-refractivity contribution is -0.119. The second kappa shape index (κ2) is 10.2. The summed E-state index contributed by atoms with van der Waals surface area (Å²) in [4.78, 5) is 26.9. The minimum absolute atomic E-state index is 0.0809. The van der Waals surface area contributed by atoms with E-state index in [4.69, 9.17) is 4.74 Å². The van der Waals surface area contributed by atoms with E-state index in [0.29, 0.717) is 19.8 Å². The molecule has 1 amide bonds. The second-order valence-electron chi connectivity index (χ2n) is 8.82. The van der Waals surface area contributed by atoms with E-state index in [-0.39, 0.29) is 11.9 Å². The molecule has 1 N–H and O–H groups in total. The van der Waals surface area contributed by atoms with E-state index in [1.54, 1.807) is 6.33 Å². The van der Waals surface area contributed by atoms with E-state index < -0.39 is 0 Å². The first kappa shape index (κ1) is 22.3. The van der Waals surface area contributed by atoms with E-state index in [2.05, 4.69) is 63.5 Å². The fourth-order valence-corrected chi connectivity index (χ4v) is 4.63. The summed E-state index contributed by atoms with van der Waals surface area (Å²) in [6, 6.07) is 18.5. The van der Waals surface area contributed by atoms with Gasteiger partial charge in [-0.1, -0.05) is 74.4 Å². The van der Waals surface area contributed by atoms with Crippen LogP contribution in [-0.2, 0) is 16.1 Å². The predicted octanol–water partition coefficient (Wildman–Crippen LogP) is 4.50. The Bertz CT molecular complexity index is 1110. The first-order valence-electron chi connectivity index (χ1n) is 12.1. The maximum absolute atomic E-state index is 13.7. The summed E-state index contributed by atoms with van der Waals surface area (Å²) in [6.45, 7) is 5.43. The molecule has 1 aromatic heterocycles. The van der Waals surface area contributed by atoms with E-state index in [1.807, 2.05) is 23.1 Å². The number of amides is 1. The standard InChI is InChI=1S/C27H31N5O2/c1-2-3-9-23-27(33)32(18-20-10-12-22(13-11-20)21-7-5-4-6-8-21)24-25(30-23)28-19-29-26(24)31-14-16-34-17-15-31/h4-8,10-13,19,23H,2-3,9,14-18H2,1H3,(H,28,29,30)/t23-/m0/s1. The van der Waals surface area contributed by atoms with Crippen molar-refractivity contribution in [1.82, 2.24) is 9.97 Å². The lowest BCUT2D eigenvalue weighted by atomic mass is 10.0. The number of carbonyl (C=O) groups excluding carboxylic acids is 1. The van der Waals surface area contributed by atoms with Crippen molar-refractivity contribution in [1.29, 1.82) is 0 Å². The number of carbonyl (C=O) groups is 1. The van der Waals surface area contributed by atoms with Crippen LogP contribution in [0.15, 0.2) is 60.9 Å². The Kier molecular flexibility index (Phi) is 6.72. The summed E-state index contributed by atoms with van der Waals surface area (Å²) in [5.74, 6) is 1.61. The first-order chi connectivity index (χ1) is 16.7. The first-order valence-corrected chi connectivity index (χ1v) is 12.1. The normalized spacial score (nSPS) is 17.9. The van der Waals surface area contributed by atoms with E-state index >= 15 is 0 Å².